The highest BCUT2D eigenvalue weighted by atomic mass is 28.4. The zero-order chi connectivity index (χ0) is 18.7. The SMILES string of the molecule is CCOC(=O)c1cnc2cc(OCCO[Si](C)(C)C(C)(C)C)ccn12. The van der Waals surface area contributed by atoms with Crippen LogP contribution in [-0.4, -0.2) is 43.5 Å². The van der Waals surface area contributed by atoms with Gasteiger partial charge in [-0.1, -0.05) is 20.8 Å². The van der Waals surface area contributed by atoms with Gasteiger partial charge in [0, 0.05) is 12.3 Å². The van der Waals surface area contributed by atoms with Gasteiger partial charge in [-0.3, -0.25) is 4.40 Å². The third kappa shape index (κ3) is 4.61. The predicted molar refractivity (Wildman–Crippen MR) is 99.8 cm³/mol. The van der Waals surface area contributed by atoms with Crippen molar-refractivity contribution in [3.63, 3.8) is 0 Å². The van der Waals surface area contributed by atoms with Crippen LogP contribution in [0, 0.1) is 0 Å². The van der Waals surface area contributed by atoms with E-state index in [-0.39, 0.29) is 11.0 Å². The molecule has 0 aliphatic heterocycles. The van der Waals surface area contributed by atoms with Crippen LogP contribution >= 0.6 is 0 Å². The molecule has 0 amide bonds. The van der Waals surface area contributed by atoms with E-state index >= 15 is 0 Å². The molecule has 2 rings (SSSR count). The average Bonchev–Trinajstić information content (AvgIpc) is 2.94. The van der Waals surface area contributed by atoms with Crippen molar-refractivity contribution in [3.05, 3.63) is 30.2 Å². The molecule has 0 N–H and O–H groups in total. The predicted octanol–water partition coefficient (Wildman–Crippen LogP) is 3.91. The second-order valence-corrected chi connectivity index (χ2v) is 12.2. The van der Waals surface area contributed by atoms with E-state index in [0.717, 1.165) is 0 Å². The van der Waals surface area contributed by atoms with Gasteiger partial charge in [0.1, 0.15) is 18.0 Å². The number of carbonyl (C=O) groups excluding carboxylic acids is 1. The van der Waals surface area contributed by atoms with Crippen LogP contribution in [0.3, 0.4) is 0 Å². The van der Waals surface area contributed by atoms with E-state index in [9.17, 15) is 4.79 Å². The fourth-order valence-electron chi connectivity index (χ4n) is 2.08. The molecule has 0 bridgehead atoms. The summed E-state index contributed by atoms with van der Waals surface area (Å²) in [6.45, 7) is 14.2. The molecule has 2 aromatic rings. The van der Waals surface area contributed by atoms with Crippen LogP contribution in [-0.2, 0) is 9.16 Å². The summed E-state index contributed by atoms with van der Waals surface area (Å²) in [5.41, 5.74) is 1.05. The summed E-state index contributed by atoms with van der Waals surface area (Å²) in [5.74, 6) is 0.318. The molecule has 138 valence electrons. The topological polar surface area (TPSA) is 62.1 Å². The van der Waals surface area contributed by atoms with Gasteiger partial charge in [-0.25, -0.2) is 9.78 Å². The fraction of sp³-hybridized carbons (Fsp3) is 0.556. The maximum atomic E-state index is 11.9. The summed E-state index contributed by atoms with van der Waals surface area (Å²) in [6, 6.07) is 3.61. The van der Waals surface area contributed by atoms with Crippen LogP contribution in [0.2, 0.25) is 18.1 Å². The Balaban J connectivity index is 1.96. The Morgan fingerprint density at radius 2 is 2.00 bits per heavy atom. The summed E-state index contributed by atoms with van der Waals surface area (Å²) in [7, 11) is -1.75. The van der Waals surface area contributed by atoms with Gasteiger partial charge in [0.25, 0.3) is 0 Å². The molecule has 6 nitrogen and oxygen atoms in total. The van der Waals surface area contributed by atoms with E-state index in [2.05, 4.69) is 38.8 Å². The lowest BCUT2D eigenvalue weighted by Gasteiger charge is -2.36. The van der Waals surface area contributed by atoms with Gasteiger partial charge in [0.2, 0.25) is 0 Å². The van der Waals surface area contributed by atoms with Gasteiger partial charge >= 0.3 is 5.97 Å². The minimum absolute atomic E-state index is 0.186. The van der Waals surface area contributed by atoms with Gasteiger partial charge in [-0.2, -0.15) is 0 Å². The number of fused-ring (bicyclic) bond motifs is 1. The summed E-state index contributed by atoms with van der Waals surface area (Å²) >= 11 is 0. The molecule has 25 heavy (non-hydrogen) atoms. The minimum atomic E-state index is -1.75. The Morgan fingerprint density at radius 3 is 2.64 bits per heavy atom. The number of nitrogens with zero attached hydrogens (tertiary/aromatic N) is 2. The van der Waals surface area contributed by atoms with Crippen molar-refractivity contribution in [2.45, 2.75) is 45.8 Å². The maximum absolute atomic E-state index is 11.9. The number of imidazole rings is 1. The van der Waals surface area contributed by atoms with E-state index < -0.39 is 8.32 Å². The molecule has 0 saturated carbocycles. The Kier molecular flexibility index (Phi) is 5.90. The Hall–Kier alpha value is -1.86. The molecular weight excluding hydrogens is 336 g/mol. The number of aromatic nitrogens is 2. The van der Waals surface area contributed by atoms with Gasteiger partial charge in [0.05, 0.1) is 19.4 Å². The minimum Gasteiger partial charge on any atom is -0.491 e. The second kappa shape index (κ2) is 7.57. The lowest BCUT2D eigenvalue weighted by molar-refractivity contribution is 0.0518. The van der Waals surface area contributed by atoms with Crippen molar-refractivity contribution >= 4 is 19.9 Å². The van der Waals surface area contributed by atoms with E-state index in [1.54, 1.807) is 23.6 Å². The molecule has 0 radical (unpaired) electrons. The highest BCUT2D eigenvalue weighted by Crippen LogP contribution is 2.36. The molecule has 0 atom stereocenters. The normalized spacial score (nSPS) is 12.4. The van der Waals surface area contributed by atoms with Gasteiger partial charge in [-0.15, -0.1) is 0 Å². The molecular formula is C18H28N2O4Si. The Bertz CT molecular complexity index is 734. The number of carbonyl (C=O) groups is 1. The average molecular weight is 365 g/mol. The molecule has 7 heteroatoms. The number of hydrogen-bond acceptors (Lipinski definition) is 5. The van der Waals surface area contributed by atoms with Crippen molar-refractivity contribution in [2.75, 3.05) is 19.8 Å². The Labute approximate surface area is 150 Å². The highest BCUT2D eigenvalue weighted by molar-refractivity contribution is 6.74. The lowest BCUT2D eigenvalue weighted by atomic mass is 10.2. The molecule has 0 unspecified atom stereocenters. The Morgan fingerprint density at radius 1 is 1.28 bits per heavy atom. The molecule has 2 aromatic heterocycles. The third-order valence-corrected chi connectivity index (χ3v) is 9.13. The summed E-state index contributed by atoms with van der Waals surface area (Å²) in [4.78, 5) is 16.1. The van der Waals surface area contributed by atoms with Crippen molar-refractivity contribution in [2.24, 2.45) is 0 Å². The van der Waals surface area contributed by atoms with Crippen LogP contribution in [0.4, 0.5) is 0 Å². The van der Waals surface area contributed by atoms with Crippen molar-refractivity contribution in [1.82, 2.24) is 9.38 Å². The van der Waals surface area contributed by atoms with Crippen LogP contribution in [0.5, 0.6) is 5.75 Å². The molecule has 0 spiro atoms. The van der Waals surface area contributed by atoms with E-state index in [0.29, 0.717) is 36.9 Å². The van der Waals surface area contributed by atoms with E-state index in [4.69, 9.17) is 13.9 Å². The largest absolute Gasteiger partial charge is 0.491 e. The van der Waals surface area contributed by atoms with Crippen molar-refractivity contribution in [1.29, 1.82) is 0 Å². The first-order chi connectivity index (χ1) is 11.7. The number of rotatable bonds is 7. The third-order valence-electron chi connectivity index (χ3n) is 4.59. The first-order valence-corrected chi connectivity index (χ1v) is 11.5. The highest BCUT2D eigenvalue weighted by Gasteiger charge is 2.36. The van der Waals surface area contributed by atoms with Gasteiger partial charge in [0.15, 0.2) is 14.0 Å². The first-order valence-electron chi connectivity index (χ1n) is 8.56. The standard InChI is InChI=1S/C18H28N2O4Si/c1-7-22-17(21)15-13-19-16-12-14(8-9-20(15)16)23-10-11-24-25(5,6)18(2,3)4/h8-9,12-13H,7,10-11H2,1-6H3. The smallest absolute Gasteiger partial charge is 0.356 e. The molecule has 0 aliphatic carbocycles. The fourth-order valence-corrected chi connectivity index (χ4v) is 3.11. The van der Waals surface area contributed by atoms with E-state index in [1.165, 1.54) is 6.20 Å². The quantitative estimate of drug-likeness (QED) is 0.423. The summed E-state index contributed by atoms with van der Waals surface area (Å²) in [6.07, 6.45) is 3.27. The molecule has 2 heterocycles. The zero-order valence-electron chi connectivity index (χ0n) is 16.0. The van der Waals surface area contributed by atoms with E-state index in [1.807, 2.05) is 6.07 Å². The van der Waals surface area contributed by atoms with Crippen molar-refractivity contribution in [3.8, 4) is 5.75 Å². The van der Waals surface area contributed by atoms with Crippen LogP contribution < -0.4 is 4.74 Å². The molecule has 0 fully saturated rings. The number of hydrogen-bond donors (Lipinski definition) is 0. The number of pyridine rings is 1. The number of ether oxygens (including phenoxy) is 2. The van der Waals surface area contributed by atoms with Crippen LogP contribution in [0.1, 0.15) is 38.2 Å². The number of esters is 1. The van der Waals surface area contributed by atoms with Gasteiger partial charge < -0.3 is 13.9 Å². The lowest BCUT2D eigenvalue weighted by Crippen LogP contribution is -2.41. The molecule has 0 aromatic carbocycles. The molecule has 0 aliphatic rings. The van der Waals surface area contributed by atoms with Crippen molar-refractivity contribution < 1.29 is 18.7 Å². The maximum Gasteiger partial charge on any atom is 0.356 e. The summed E-state index contributed by atoms with van der Waals surface area (Å²) in [5, 5.41) is 0.186. The summed E-state index contributed by atoms with van der Waals surface area (Å²) < 4.78 is 18.6. The monoisotopic (exact) mass is 364 g/mol. The van der Waals surface area contributed by atoms with Crippen LogP contribution in [0.25, 0.3) is 5.65 Å². The van der Waals surface area contributed by atoms with Crippen LogP contribution in [0.15, 0.2) is 24.5 Å². The van der Waals surface area contributed by atoms with Gasteiger partial charge in [-0.05, 0) is 31.1 Å². The first kappa shape index (κ1) is 19.5. The zero-order valence-corrected chi connectivity index (χ0v) is 17.0. The molecule has 0 saturated heterocycles. The second-order valence-electron chi connectivity index (χ2n) is 7.41.